The molecule has 0 aromatic carbocycles. The first-order chi connectivity index (χ1) is 4.09. The predicted molar refractivity (Wildman–Crippen MR) is 30.8 cm³/mol. The van der Waals surface area contributed by atoms with E-state index in [1.54, 1.807) is 0 Å². The van der Waals surface area contributed by atoms with Crippen molar-refractivity contribution in [1.29, 1.82) is 5.41 Å². The van der Waals surface area contributed by atoms with Crippen LogP contribution in [0.5, 0.6) is 0 Å². The summed E-state index contributed by atoms with van der Waals surface area (Å²) in [7, 11) is 0. The van der Waals surface area contributed by atoms with Crippen molar-refractivity contribution in [1.82, 2.24) is 5.48 Å². The minimum Gasteiger partial charge on any atom is -0.369 e. The van der Waals surface area contributed by atoms with Crippen LogP contribution in [0, 0.1) is 11.3 Å². The lowest BCUT2D eigenvalue weighted by Gasteiger charge is -2.04. The SMILES string of the molecule is C[C](C(=N)NO)C(N)=O. The third kappa shape index (κ3) is 2.09. The van der Waals surface area contributed by atoms with Crippen LogP contribution >= 0.6 is 0 Å². The molecular weight excluding hydrogens is 122 g/mol. The van der Waals surface area contributed by atoms with E-state index >= 15 is 0 Å². The normalized spacial score (nSPS) is 9.22. The Bertz CT molecular complexity index is 134. The fraction of sp³-hybridized carbons (Fsp3) is 0.250. The van der Waals surface area contributed by atoms with Gasteiger partial charge in [0.05, 0.1) is 0 Å². The zero-order valence-electron chi connectivity index (χ0n) is 4.93. The molecule has 0 aliphatic rings. The molecule has 0 aliphatic heterocycles. The summed E-state index contributed by atoms with van der Waals surface area (Å²) in [4.78, 5) is 10.2. The lowest BCUT2D eigenvalue weighted by molar-refractivity contribution is -0.115. The molecule has 5 nitrogen and oxygen atoms in total. The molecule has 0 fully saturated rings. The number of nitrogens with one attached hydrogen (secondary N) is 2. The van der Waals surface area contributed by atoms with E-state index in [0.717, 1.165) is 0 Å². The monoisotopic (exact) mass is 130 g/mol. The van der Waals surface area contributed by atoms with Gasteiger partial charge in [0.2, 0.25) is 5.91 Å². The van der Waals surface area contributed by atoms with Crippen molar-refractivity contribution in [3.63, 3.8) is 0 Å². The van der Waals surface area contributed by atoms with Crippen LogP contribution in [0.1, 0.15) is 6.92 Å². The second-order valence-corrected chi connectivity index (χ2v) is 1.48. The van der Waals surface area contributed by atoms with Gasteiger partial charge in [-0.3, -0.25) is 20.9 Å². The number of nitrogens with two attached hydrogens (primary N) is 1. The Hall–Kier alpha value is -1.10. The highest BCUT2D eigenvalue weighted by Gasteiger charge is 2.14. The van der Waals surface area contributed by atoms with Gasteiger partial charge in [-0.25, -0.2) is 0 Å². The fourth-order valence-electron chi connectivity index (χ4n) is 0.207. The van der Waals surface area contributed by atoms with Gasteiger partial charge in [0.25, 0.3) is 0 Å². The number of amides is 1. The van der Waals surface area contributed by atoms with Crippen molar-refractivity contribution in [2.75, 3.05) is 0 Å². The second-order valence-electron chi connectivity index (χ2n) is 1.48. The molecule has 0 spiro atoms. The van der Waals surface area contributed by atoms with Crippen LogP contribution in [0.4, 0.5) is 0 Å². The number of carbonyl (C=O) groups is 1. The average molecular weight is 130 g/mol. The Morgan fingerprint density at radius 3 is 2.33 bits per heavy atom. The third-order valence-electron chi connectivity index (χ3n) is 0.856. The van der Waals surface area contributed by atoms with Crippen LogP contribution in [0.2, 0.25) is 0 Å². The zero-order valence-corrected chi connectivity index (χ0v) is 4.93. The number of amidine groups is 1. The van der Waals surface area contributed by atoms with Crippen LogP contribution in [0.25, 0.3) is 0 Å². The molecule has 0 saturated carbocycles. The van der Waals surface area contributed by atoms with Crippen molar-refractivity contribution in [3.8, 4) is 0 Å². The van der Waals surface area contributed by atoms with Crippen LogP contribution in [-0.2, 0) is 4.79 Å². The number of hydrogen-bond donors (Lipinski definition) is 4. The Morgan fingerprint density at radius 2 is 2.22 bits per heavy atom. The first kappa shape index (κ1) is 7.90. The summed E-state index contributed by atoms with van der Waals surface area (Å²) in [5.74, 6) is -1.10. The summed E-state index contributed by atoms with van der Waals surface area (Å²) in [5.41, 5.74) is 6.24. The van der Waals surface area contributed by atoms with E-state index in [0.29, 0.717) is 0 Å². The summed E-state index contributed by atoms with van der Waals surface area (Å²) < 4.78 is 0. The van der Waals surface area contributed by atoms with E-state index in [-0.39, 0.29) is 11.8 Å². The quantitative estimate of drug-likeness (QED) is 0.219. The van der Waals surface area contributed by atoms with Crippen molar-refractivity contribution < 1.29 is 10.0 Å². The van der Waals surface area contributed by atoms with E-state index in [1.165, 1.54) is 12.4 Å². The summed E-state index contributed by atoms with van der Waals surface area (Å²) in [6, 6.07) is 0. The van der Waals surface area contributed by atoms with Gasteiger partial charge in [-0.2, -0.15) is 0 Å². The fourth-order valence-corrected chi connectivity index (χ4v) is 0.207. The molecule has 1 amide bonds. The summed E-state index contributed by atoms with van der Waals surface area (Å²) in [6.07, 6.45) is 0. The van der Waals surface area contributed by atoms with E-state index < -0.39 is 5.91 Å². The topological polar surface area (TPSA) is 99.2 Å². The first-order valence-corrected chi connectivity index (χ1v) is 2.22. The van der Waals surface area contributed by atoms with Crippen LogP contribution in [0.3, 0.4) is 0 Å². The van der Waals surface area contributed by atoms with E-state index in [4.69, 9.17) is 16.4 Å². The predicted octanol–water partition coefficient (Wildman–Crippen LogP) is -0.978. The van der Waals surface area contributed by atoms with Gasteiger partial charge in [-0.05, 0) is 6.92 Å². The smallest absolute Gasteiger partial charge is 0.232 e. The highest BCUT2D eigenvalue weighted by molar-refractivity contribution is 6.13. The molecule has 0 atom stereocenters. The van der Waals surface area contributed by atoms with Gasteiger partial charge in [0, 0.05) is 0 Å². The van der Waals surface area contributed by atoms with Crippen molar-refractivity contribution in [2.45, 2.75) is 6.92 Å². The number of rotatable bonds is 2. The summed E-state index contributed by atoms with van der Waals surface area (Å²) in [6.45, 7) is 1.34. The maximum absolute atomic E-state index is 10.2. The van der Waals surface area contributed by atoms with Crippen molar-refractivity contribution in [3.05, 3.63) is 5.92 Å². The summed E-state index contributed by atoms with van der Waals surface area (Å²) >= 11 is 0. The van der Waals surface area contributed by atoms with E-state index in [1.807, 2.05) is 0 Å². The second kappa shape index (κ2) is 3.03. The number of carbonyl (C=O) groups excluding carboxylic acids is 1. The molecule has 0 rings (SSSR count). The van der Waals surface area contributed by atoms with Crippen LogP contribution in [0.15, 0.2) is 0 Å². The molecular formula is C4H8N3O2. The van der Waals surface area contributed by atoms with Gasteiger partial charge in [0.15, 0.2) is 0 Å². The Balaban J connectivity index is 3.88. The minimum absolute atomic E-state index is 0.00231. The maximum Gasteiger partial charge on any atom is 0.232 e. The molecule has 0 bridgehead atoms. The molecule has 0 aromatic heterocycles. The maximum atomic E-state index is 10.2. The van der Waals surface area contributed by atoms with Gasteiger partial charge < -0.3 is 5.73 Å². The van der Waals surface area contributed by atoms with Gasteiger partial charge in [-0.15, -0.1) is 0 Å². The molecule has 0 heterocycles. The van der Waals surface area contributed by atoms with Crippen LogP contribution < -0.4 is 11.2 Å². The lowest BCUT2D eigenvalue weighted by atomic mass is 10.1. The Morgan fingerprint density at radius 1 is 1.78 bits per heavy atom. The molecule has 0 aromatic rings. The average Bonchev–Trinajstić information content (AvgIpc) is 1.84. The number of hydrogen-bond acceptors (Lipinski definition) is 3. The highest BCUT2D eigenvalue weighted by atomic mass is 16.5. The van der Waals surface area contributed by atoms with E-state index in [2.05, 4.69) is 0 Å². The van der Waals surface area contributed by atoms with Gasteiger partial charge in [-0.1, -0.05) is 0 Å². The first-order valence-electron chi connectivity index (χ1n) is 2.22. The summed E-state index contributed by atoms with van der Waals surface area (Å²) in [5, 5.41) is 14.8. The van der Waals surface area contributed by atoms with Crippen LogP contribution in [-0.4, -0.2) is 17.0 Å². The van der Waals surface area contributed by atoms with Crippen molar-refractivity contribution in [2.24, 2.45) is 5.73 Å². The zero-order chi connectivity index (χ0) is 7.44. The Kier molecular flexibility index (Phi) is 2.66. The molecule has 9 heavy (non-hydrogen) atoms. The van der Waals surface area contributed by atoms with Gasteiger partial charge >= 0.3 is 0 Å². The molecule has 1 radical (unpaired) electrons. The molecule has 5 N–H and O–H groups in total. The molecule has 0 unspecified atom stereocenters. The third-order valence-corrected chi connectivity index (χ3v) is 0.856. The minimum atomic E-state index is -0.721. The molecule has 0 saturated heterocycles. The van der Waals surface area contributed by atoms with E-state index in [9.17, 15) is 4.79 Å². The number of hydroxylamine groups is 1. The van der Waals surface area contributed by atoms with Crippen molar-refractivity contribution >= 4 is 11.7 Å². The molecule has 5 heteroatoms. The number of primary amides is 1. The van der Waals surface area contributed by atoms with Gasteiger partial charge in [0.1, 0.15) is 11.8 Å². The molecule has 51 valence electrons. The lowest BCUT2D eigenvalue weighted by Crippen LogP contribution is -2.32. The Labute approximate surface area is 52.3 Å². The standard InChI is InChI=1S/C4H8N3O2/c1-2(4(6)8)3(5)7-9/h9H,1H3,(H2,5,7)(H2,6,8). The highest BCUT2D eigenvalue weighted by Crippen LogP contribution is 1.93. The molecule has 0 aliphatic carbocycles. The largest absolute Gasteiger partial charge is 0.369 e.